The van der Waals surface area contributed by atoms with Crippen molar-refractivity contribution < 1.29 is 29.0 Å². The van der Waals surface area contributed by atoms with Gasteiger partial charge in [-0.1, -0.05) is 43.2 Å². The summed E-state index contributed by atoms with van der Waals surface area (Å²) in [7, 11) is 1.82. The third-order valence-electron chi connectivity index (χ3n) is 5.89. The van der Waals surface area contributed by atoms with Gasteiger partial charge in [0.2, 0.25) is 0 Å². The molecule has 1 aromatic carbocycles. The smallest absolute Gasteiger partial charge is 0.343 e. The Bertz CT molecular complexity index is 657. The fourth-order valence-electron chi connectivity index (χ4n) is 4.48. The molecule has 0 radical (unpaired) electrons. The van der Waals surface area contributed by atoms with E-state index in [0.29, 0.717) is 25.1 Å². The predicted octanol–water partition coefficient (Wildman–Crippen LogP) is 0.576. The highest BCUT2D eigenvalue weighted by molar-refractivity contribution is 5.81. The molecule has 0 aromatic heterocycles. The van der Waals surface area contributed by atoms with Crippen molar-refractivity contribution in [2.45, 2.75) is 43.8 Å². The molecular weight excluding hydrogens is 334 g/mol. The number of aliphatic carboxylic acids is 1. The molecule has 1 aromatic rings. The number of hydrogen-bond donors (Lipinski definition) is 1. The first-order valence-electron chi connectivity index (χ1n) is 9.36. The van der Waals surface area contributed by atoms with Gasteiger partial charge in [-0.15, -0.1) is 0 Å². The zero-order valence-corrected chi connectivity index (χ0v) is 15.2. The Hall–Kier alpha value is -1.92. The number of carbonyl (C=O) groups excluding carboxylic acids is 2. The minimum atomic E-state index is -1.64. The van der Waals surface area contributed by atoms with Crippen LogP contribution in [0.2, 0.25) is 0 Å². The van der Waals surface area contributed by atoms with E-state index in [4.69, 9.17) is 4.74 Å². The minimum Gasteiger partial charge on any atom is -0.544 e. The summed E-state index contributed by atoms with van der Waals surface area (Å²) in [5.74, 6) is -1.86. The van der Waals surface area contributed by atoms with E-state index in [1.165, 1.54) is 0 Å². The van der Waals surface area contributed by atoms with Gasteiger partial charge in [0, 0.05) is 12.3 Å². The number of esters is 1. The third-order valence-corrected chi connectivity index (χ3v) is 5.89. The van der Waals surface area contributed by atoms with E-state index in [2.05, 4.69) is 0 Å². The van der Waals surface area contributed by atoms with Crippen molar-refractivity contribution in [3.63, 3.8) is 0 Å². The Kier molecular flexibility index (Phi) is 5.34. The Morgan fingerprint density at radius 1 is 1.23 bits per heavy atom. The van der Waals surface area contributed by atoms with Crippen molar-refractivity contribution in [3.05, 3.63) is 35.9 Å². The summed E-state index contributed by atoms with van der Waals surface area (Å²) in [5.41, 5.74) is -1.07. The van der Waals surface area contributed by atoms with E-state index in [1.54, 1.807) is 12.1 Å². The summed E-state index contributed by atoms with van der Waals surface area (Å²) >= 11 is 0. The number of likely N-dealkylation sites (N-methyl/N-ethyl adjacent to an activating group) is 1. The van der Waals surface area contributed by atoms with Crippen LogP contribution in [0.25, 0.3) is 0 Å². The summed E-state index contributed by atoms with van der Waals surface area (Å²) in [6.45, 7) is 0.938. The van der Waals surface area contributed by atoms with Crippen LogP contribution in [-0.4, -0.2) is 54.3 Å². The number of carboxylic acid groups (broad SMARTS) is 1. The van der Waals surface area contributed by atoms with Crippen LogP contribution in [0.15, 0.2) is 30.3 Å². The number of carboxylic acids is 1. The molecule has 1 saturated carbocycles. The first-order valence-corrected chi connectivity index (χ1v) is 9.36. The van der Waals surface area contributed by atoms with Crippen molar-refractivity contribution in [3.8, 4) is 0 Å². The minimum absolute atomic E-state index is 0.0976. The summed E-state index contributed by atoms with van der Waals surface area (Å²) in [5, 5.41) is 22.3. The molecule has 1 unspecified atom stereocenters. The van der Waals surface area contributed by atoms with Crippen LogP contribution in [0.4, 0.5) is 0 Å². The number of likely N-dealkylation sites (tertiary alicyclic amines) is 1. The molecule has 1 heterocycles. The Balaban J connectivity index is 1.76. The van der Waals surface area contributed by atoms with E-state index >= 15 is 0 Å². The molecule has 0 spiro atoms. The molecule has 2 aliphatic rings. The van der Waals surface area contributed by atoms with Crippen LogP contribution < -0.4 is 5.11 Å². The van der Waals surface area contributed by atoms with Crippen molar-refractivity contribution in [1.29, 1.82) is 0 Å². The van der Waals surface area contributed by atoms with Crippen LogP contribution in [0, 0.1) is 5.92 Å². The summed E-state index contributed by atoms with van der Waals surface area (Å²) in [4.78, 5) is 24.0. The first-order chi connectivity index (χ1) is 12.3. The number of quaternary nitrogens is 1. The molecule has 26 heavy (non-hydrogen) atoms. The molecule has 142 valence electrons. The first kappa shape index (κ1) is 18.9. The number of aliphatic hydroxyl groups is 1. The molecule has 0 amide bonds. The van der Waals surface area contributed by atoms with Gasteiger partial charge in [0.05, 0.1) is 19.6 Å². The van der Waals surface area contributed by atoms with Crippen molar-refractivity contribution >= 4 is 11.9 Å². The maximum absolute atomic E-state index is 13.0. The summed E-state index contributed by atoms with van der Waals surface area (Å²) < 4.78 is 5.99. The molecule has 6 heteroatoms. The zero-order valence-electron chi connectivity index (χ0n) is 15.2. The van der Waals surface area contributed by atoms with Gasteiger partial charge in [0.25, 0.3) is 0 Å². The lowest BCUT2D eigenvalue weighted by molar-refractivity contribution is -0.893. The monoisotopic (exact) mass is 361 g/mol. The maximum Gasteiger partial charge on any atom is 0.343 e. The van der Waals surface area contributed by atoms with Crippen molar-refractivity contribution in [2.24, 2.45) is 5.92 Å². The zero-order chi connectivity index (χ0) is 18.8. The molecule has 1 N–H and O–H groups in total. The molecule has 2 fully saturated rings. The second-order valence-corrected chi connectivity index (χ2v) is 7.99. The topological polar surface area (TPSA) is 86.7 Å². The normalized spacial score (nSPS) is 28.6. The quantitative estimate of drug-likeness (QED) is 0.592. The molecule has 0 bridgehead atoms. The van der Waals surface area contributed by atoms with Gasteiger partial charge < -0.3 is 24.2 Å². The van der Waals surface area contributed by atoms with Crippen LogP contribution in [0.5, 0.6) is 0 Å². The standard InChI is InChI=1S/C20H27NO5/c1-21(14-18(22)23)12-11-17(13-21)26-19(24)20(25,16-9-5-6-10-16)15-7-3-2-4-8-15/h2-4,7-8,16-17,25H,5-6,9-14H2,1H3/t17-,20-,21?/m1/s1. The second kappa shape index (κ2) is 7.37. The second-order valence-electron chi connectivity index (χ2n) is 7.99. The molecule has 1 saturated heterocycles. The third kappa shape index (κ3) is 3.76. The van der Waals surface area contributed by atoms with Crippen LogP contribution in [0.1, 0.15) is 37.7 Å². The van der Waals surface area contributed by atoms with Crippen molar-refractivity contribution in [1.82, 2.24) is 0 Å². The number of rotatable bonds is 6. The molecule has 3 rings (SSSR count). The number of carbonyl (C=O) groups is 2. The van der Waals surface area contributed by atoms with E-state index in [9.17, 15) is 19.8 Å². The van der Waals surface area contributed by atoms with Gasteiger partial charge >= 0.3 is 5.97 Å². The molecule has 6 nitrogen and oxygen atoms in total. The van der Waals surface area contributed by atoms with E-state index < -0.39 is 17.5 Å². The lowest BCUT2D eigenvalue weighted by Gasteiger charge is -2.33. The Morgan fingerprint density at radius 2 is 1.88 bits per heavy atom. The maximum atomic E-state index is 13.0. The van der Waals surface area contributed by atoms with Gasteiger partial charge in [-0.2, -0.15) is 0 Å². The molecular formula is C20H27NO5. The largest absolute Gasteiger partial charge is 0.544 e. The average Bonchev–Trinajstić information content (AvgIpc) is 3.25. The van der Waals surface area contributed by atoms with Crippen LogP contribution in [0.3, 0.4) is 0 Å². The number of nitrogens with zero attached hydrogens (tertiary/aromatic N) is 1. The summed E-state index contributed by atoms with van der Waals surface area (Å²) in [6, 6.07) is 9.01. The van der Waals surface area contributed by atoms with E-state index in [1.807, 2.05) is 25.2 Å². The van der Waals surface area contributed by atoms with Crippen molar-refractivity contribution in [2.75, 3.05) is 26.7 Å². The molecule has 1 aliphatic heterocycles. The fourth-order valence-corrected chi connectivity index (χ4v) is 4.48. The van der Waals surface area contributed by atoms with Gasteiger partial charge in [0.1, 0.15) is 13.1 Å². The number of benzene rings is 1. The predicted molar refractivity (Wildman–Crippen MR) is 92.6 cm³/mol. The molecule has 3 atom stereocenters. The highest BCUT2D eigenvalue weighted by Gasteiger charge is 2.49. The highest BCUT2D eigenvalue weighted by atomic mass is 16.6. The number of hydrogen-bond acceptors (Lipinski definition) is 5. The highest BCUT2D eigenvalue weighted by Crippen LogP contribution is 2.42. The summed E-state index contributed by atoms with van der Waals surface area (Å²) in [6.07, 6.45) is 3.79. The fraction of sp³-hybridized carbons (Fsp3) is 0.600. The van der Waals surface area contributed by atoms with Gasteiger partial charge in [-0.25, -0.2) is 4.79 Å². The van der Waals surface area contributed by atoms with Crippen LogP contribution >= 0.6 is 0 Å². The van der Waals surface area contributed by atoms with Gasteiger partial charge in [0.15, 0.2) is 11.7 Å². The number of ether oxygens (including phenoxy) is 1. The van der Waals surface area contributed by atoms with E-state index in [0.717, 1.165) is 25.7 Å². The Labute approximate surface area is 154 Å². The molecule has 1 aliphatic carbocycles. The van der Waals surface area contributed by atoms with Gasteiger partial charge in [-0.05, 0) is 18.4 Å². The SMILES string of the molecule is C[N+]1(CC(=O)[O-])CC[C@@H](OC(=O)[C@@](O)(c2ccccc2)C2CCCC2)C1. The van der Waals surface area contributed by atoms with Gasteiger partial charge in [-0.3, -0.25) is 0 Å². The van der Waals surface area contributed by atoms with E-state index in [-0.39, 0.29) is 23.0 Å². The lowest BCUT2D eigenvalue weighted by atomic mass is 9.80. The lowest BCUT2D eigenvalue weighted by Crippen LogP contribution is -2.51. The Morgan fingerprint density at radius 3 is 2.50 bits per heavy atom. The van der Waals surface area contributed by atoms with Crippen LogP contribution in [-0.2, 0) is 19.9 Å². The average molecular weight is 361 g/mol.